The lowest BCUT2D eigenvalue weighted by atomic mass is 9.90. The van der Waals surface area contributed by atoms with Gasteiger partial charge >= 0.3 is 0 Å². The van der Waals surface area contributed by atoms with Crippen LogP contribution in [-0.2, 0) is 0 Å². The molecule has 2 heterocycles. The number of fused-ring (bicyclic) bond motifs is 3. The molecule has 0 fully saturated rings. The number of hydrazone groups is 1. The molecule has 6 nitrogen and oxygen atoms in total. The van der Waals surface area contributed by atoms with E-state index in [2.05, 4.69) is 41.2 Å². The van der Waals surface area contributed by atoms with Crippen LogP contribution in [0, 0.1) is 10.1 Å². The topological polar surface area (TPSA) is 62.0 Å². The van der Waals surface area contributed by atoms with E-state index in [1.807, 2.05) is 30.3 Å². The predicted molar refractivity (Wildman–Crippen MR) is 110 cm³/mol. The van der Waals surface area contributed by atoms with Crippen LogP contribution in [0.5, 0.6) is 0 Å². The molecule has 0 aliphatic carbocycles. The molecule has 2 atom stereocenters. The number of nitrogens with zero attached hydrogens (tertiary/aromatic N) is 4. The van der Waals surface area contributed by atoms with Crippen molar-refractivity contribution in [2.75, 3.05) is 17.0 Å². The van der Waals surface area contributed by atoms with Gasteiger partial charge in [0.2, 0.25) is 0 Å². The number of non-ortho nitro benzene ring substituents is 1. The summed E-state index contributed by atoms with van der Waals surface area (Å²) < 4.78 is 0. The van der Waals surface area contributed by atoms with E-state index in [1.165, 1.54) is 11.3 Å². The zero-order chi connectivity index (χ0) is 19.3. The van der Waals surface area contributed by atoms with Crippen LogP contribution in [0.3, 0.4) is 0 Å². The molecule has 3 aromatic carbocycles. The molecule has 0 radical (unpaired) electrons. The molecule has 5 rings (SSSR count). The van der Waals surface area contributed by atoms with E-state index in [9.17, 15) is 10.1 Å². The normalized spacial score (nSPS) is 20.0. The molecular formula is C22H18N4O2. The Kier molecular flexibility index (Phi) is 3.65. The fourth-order valence-corrected chi connectivity index (χ4v) is 4.21. The van der Waals surface area contributed by atoms with E-state index in [0.717, 1.165) is 17.0 Å². The van der Waals surface area contributed by atoms with Crippen molar-refractivity contribution in [1.82, 2.24) is 0 Å². The van der Waals surface area contributed by atoms with Crippen LogP contribution in [-0.4, -0.2) is 23.8 Å². The molecule has 0 bridgehead atoms. The number of rotatable bonds is 3. The minimum absolute atomic E-state index is 0.0324. The Hall–Kier alpha value is -3.67. The maximum absolute atomic E-state index is 11.0. The van der Waals surface area contributed by atoms with Crippen molar-refractivity contribution in [3.8, 4) is 0 Å². The van der Waals surface area contributed by atoms with Gasteiger partial charge in [-0.2, -0.15) is 5.10 Å². The average molecular weight is 370 g/mol. The molecule has 138 valence electrons. The van der Waals surface area contributed by atoms with E-state index in [0.29, 0.717) is 0 Å². The standard InChI is InChI=1S/C22H18N4O2/c1-24-19-10-6-5-9-18(19)20-21(15-11-13-17(14-12-15)26(27)28)23-25(22(20)24)16-7-3-2-4-8-16/h2-14,20,22H,1H3/t20-,22+/m0/s1. The third-order valence-electron chi connectivity index (χ3n) is 5.50. The van der Waals surface area contributed by atoms with E-state index >= 15 is 0 Å². The number of hydrogen-bond acceptors (Lipinski definition) is 5. The van der Waals surface area contributed by atoms with Crippen LogP contribution < -0.4 is 9.91 Å². The van der Waals surface area contributed by atoms with Crippen molar-refractivity contribution in [1.29, 1.82) is 0 Å². The molecule has 3 aromatic rings. The Morgan fingerprint density at radius 1 is 0.929 bits per heavy atom. The van der Waals surface area contributed by atoms with E-state index in [4.69, 9.17) is 5.10 Å². The molecule has 2 aliphatic rings. The SMILES string of the molecule is CN1c2ccccc2[C@H]2C(c3ccc([N+](=O)[O-])cc3)=NN(c3ccccc3)[C@H]21. The third-order valence-corrected chi connectivity index (χ3v) is 5.50. The first-order chi connectivity index (χ1) is 13.6. The molecule has 0 N–H and O–H groups in total. The summed E-state index contributed by atoms with van der Waals surface area (Å²) in [4.78, 5) is 12.9. The second-order valence-corrected chi connectivity index (χ2v) is 7.03. The van der Waals surface area contributed by atoms with E-state index in [-0.39, 0.29) is 22.7 Å². The Balaban J connectivity index is 1.65. The van der Waals surface area contributed by atoms with Crippen molar-refractivity contribution in [3.05, 3.63) is 100 Å². The average Bonchev–Trinajstić information content (AvgIpc) is 3.26. The van der Waals surface area contributed by atoms with Crippen molar-refractivity contribution in [3.63, 3.8) is 0 Å². The Bertz CT molecular complexity index is 1080. The first-order valence-electron chi connectivity index (χ1n) is 9.14. The number of likely N-dealkylation sites (N-methyl/N-ethyl adjacent to an activating group) is 1. The molecule has 0 unspecified atom stereocenters. The van der Waals surface area contributed by atoms with Gasteiger partial charge in [-0.25, -0.2) is 5.01 Å². The number of benzene rings is 3. The first-order valence-corrected chi connectivity index (χ1v) is 9.14. The molecule has 0 saturated carbocycles. The third kappa shape index (κ3) is 2.38. The fourth-order valence-electron chi connectivity index (χ4n) is 4.21. The quantitative estimate of drug-likeness (QED) is 0.507. The van der Waals surface area contributed by atoms with Gasteiger partial charge in [-0.05, 0) is 41.5 Å². The first kappa shape index (κ1) is 16.5. The van der Waals surface area contributed by atoms with Gasteiger partial charge in [-0.3, -0.25) is 10.1 Å². The second kappa shape index (κ2) is 6.20. The number of anilines is 2. The number of nitro groups is 1. The smallest absolute Gasteiger partial charge is 0.269 e. The summed E-state index contributed by atoms with van der Waals surface area (Å²) >= 11 is 0. The van der Waals surface area contributed by atoms with Gasteiger partial charge in [0, 0.05) is 24.9 Å². The van der Waals surface area contributed by atoms with Crippen molar-refractivity contribution < 1.29 is 4.92 Å². The van der Waals surface area contributed by atoms with Gasteiger partial charge < -0.3 is 4.90 Å². The maximum atomic E-state index is 11.0. The zero-order valence-corrected chi connectivity index (χ0v) is 15.3. The highest BCUT2D eigenvalue weighted by Crippen LogP contribution is 2.47. The van der Waals surface area contributed by atoms with Gasteiger partial charge in [-0.15, -0.1) is 0 Å². The van der Waals surface area contributed by atoms with Crippen molar-refractivity contribution in [2.45, 2.75) is 12.1 Å². The lowest BCUT2D eigenvalue weighted by molar-refractivity contribution is -0.384. The van der Waals surface area contributed by atoms with Crippen LogP contribution in [0.1, 0.15) is 17.0 Å². The molecule has 2 aliphatic heterocycles. The highest BCUT2D eigenvalue weighted by molar-refractivity contribution is 6.10. The Labute approximate surface area is 162 Å². The highest BCUT2D eigenvalue weighted by atomic mass is 16.6. The maximum Gasteiger partial charge on any atom is 0.269 e. The summed E-state index contributed by atoms with van der Waals surface area (Å²) in [6, 6.07) is 25.2. The van der Waals surface area contributed by atoms with Gasteiger partial charge in [0.05, 0.1) is 22.2 Å². The summed E-state index contributed by atoms with van der Waals surface area (Å²) in [5.74, 6) is 0.0721. The minimum atomic E-state index is -0.377. The monoisotopic (exact) mass is 370 g/mol. The largest absolute Gasteiger partial charge is 0.352 e. The molecule has 0 spiro atoms. The van der Waals surface area contributed by atoms with Crippen LogP contribution in [0.25, 0.3) is 0 Å². The van der Waals surface area contributed by atoms with Crippen LogP contribution >= 0.6 is 0 Å². The van der Waals surface area contributed by atoms with E-state index < -0.39 is 0 Å². The van der Waals surface area contributed by atoms with Gasteiger partial charge in [0.15, 0.2) is 0 Å². The molecular weight excluding hydrogens is 352 g/mol. The molecule has 6 heteroatoms. The van der Waals surface area contributed by atoms with Crippen LogP contribution in [0.2, 0.25) is 0 Å². The summed E-state index contributed by atoms with van der Waals surface area (Å²) in [5.41, 5.74) is 5.36. The Morgan fingerprint density at radius 3 is 2.32 bits per heavy atom. The van der Waals surface area contributed by atoms with Crippen LogP contribution in [0.15, 0.2) is 84.0 Å². The summed E-state index contributed by atoms with van der Waals surface area (Å²) in [7, 11) is 2.09. The predicted octanol–water partition coefficient (Wildman–Crippen LogP) is 4.38. The summed E-state index contributed by atoms with van der Waals surface area (Å²) in [6.45, 7) is 0. The second-order valence-electron chi connectivity index (χ2n) is 7.03. The van der Waals surface area contributed by atoms with Crippen molar-refractivity contribution >= 4 is 22.8 Å². The zero-order valence-electron chi connectivity index (χ0n) is 15.3. The molecule has 0 saturated heterocycles. The number of para-hydroxylation sites is 2. The lowest BCUT2D eigenvalue weighted by Gasteiger charge is -2.30. The van der Waals surface area contributed by atoms with Gasteiger partial charge in [0.1, 0.15) is 6.17 Å². The Morgan fingerprint density at radius 2 is 1.61 bits per heavy atom. The van der Waals surface area contributed by atoms with Gasteiger partial charge in [0.25, 0.3) is 5.69 Å². The summed E-state index contributed by atoms with van der Waals surface area (Å²) in [5, 5.41) is 18.1. The molecule has 0 aromatic heterocycles. The van der Waals surface area contributed by atoms with E-state index in [1.54, 1.807) is 24.3 Å². The highest BCUT2D eigenvalue weighted by Gasteiger charge is 2.48. The lowest BCUT2D eigenvalue weighted by Crippen LogP contribution is -2.41. The number of nitro benzene ring substituents is 1. The van der Waals surface area contributed by atoms with Crippen molar-refractivity contribution in [2.24, 2.45) is 5.10 Å². The minimum Gasteiger partial charge on any atom is -0.352 e. The van der Waals surface area contributed by atoms with Crippen LogP contribution in [0.4, 0.5) is 17.1 Å². The molecule has 0 amide bonds. The number of hydrogen-bond donors (Lipinski definition) is 0. The molecule has 28 heavy (non-hydrogen) atoms. The van der Waals surface area contributed by atoms with Gasteiger partial charge in [-0.1, -0.05) is 36.4 Å². The summed E-state index contributed by atoms with van der Waals surface area (Å²) in [6.07, 6.45) is 0.0324. The fraction of sp³-hybridized carbons (Fsp3) is 0.136.